The van der Waals surface area contributed by atoms with Crippen molar-refractivity contribution in [2.75, 3.05) is 7.11 Å². The van der Waals surface area contributed by atoms with Gasteiger partial charge in [-0.1, -0.05) is 6.58 Å². The number of nitrogens with zero attached hydrogens (tertiary/aromatic N) is 1. The van der Waals surface area contributed by atoms with Crippen molar-refractivity contribution in [3.05, 3.63) is 42.1 Å². The van der Waals surface area contributed by atoms with Crippen molar-refractivity contribution >= 4 is 5.90 Å². The lowest BCUT2D eigenvalue weighted by atomic mass is 10.1. The van der Waals surface area contributed by atoms with E-state index >= 15 is 0 Å². The Morgan fingerprint density at radius 2 is 1.88 bits per heavy atom. The summed E-state index contributed by atoms with van der Waals surface area (Å²) in [6.45, 7) is 7.79. The number of rotatable bonds is 2. The molecule has 0 unspecified atom stereocenters. The van der Waals surface area contributed by atoms with Gasteiger partial charge in [-0.3, -0.25) is 0 Å². The Bertz CT molecular complexity index is 444. The molecule has 1 aromatic rings. The summed E-state index contributed by atoms with van der Waals surface area (Å²) in [5, 5.41) is 0. The number of hydrogen-bond acceptors (Lipinski definition) is 3. The molecule has 0 aliphatic carbocycles. The molecule has 1 heterocycles. The van der Waals surface area contributed by atoms with E-state index in [0.717, 1.165) is 17.0 Å². The van der Waals surface area contributed by atoms with E-state index < -0.39 is 5.60 Å². The molecule has 3 heteroatoms. The molecule has 0 spiro atoms. The molecule has 0 fully saturated rings. The summed E-state index contributed by atoms with van der Waals surface area (Å²) in [6.07, 6.45) is 0. The van der Waals surface area contributed by atoms with Crippen LogP contribution in [0.5, 0.6) is 5.75 Å². The quantitative estimate of drug-likeness (QED) is 0.762. The predicted octanol–water partition coefficient (Wildman–Crippen LogP) is 2.76. The Kier molecular flexibility index (Phi) is 2.46. The van der Waals surface area contributed by atoms with Gasteiger partial charge in [0.15, 0.2) is 0 Å². The van der Waals surface area contributed by atoms with Gasteiger partial charge in [0.2, 0.25) is 5.90 Å². The fourth-order valence-corrected chi connectivity index (χ4v) is 1.44. The summed E-state index contributed by atoms with van der Waals surface area (Å²) in [5.41, 5.74) is 1.28. The molecule has 1 aliphatic heterocycles. The maximum Gasteiger partial charge on any atom is 0.222 e. The average molecular weight is 217 g/mol. The van der Waals surface area contributed by atoms with Crippen molar-refractivity contribution in [1.29, 1.82) is 0 Å². The second-order valence-electron chi connectivity index (χ2n) is 4.20. The van der Waals surface area contributed by atoms with E-state index in [0.29, 0.717) is 5.90 Å². The molecular formula is C13H15NO2. The first-order valence-corrected chi connectivity index (χ1v) is 5.14. The lowest BCUT2D eigenvalue weighted by molar-refractivity contribution is 0.155. The minimum atomic E-state index is -0.407. The van der Waals surface area contributed by atoms with Gasteiger partial charge in [0, 0.05) is 5.56 Å². The molecular weight excluding hydrogens is 202 g/mol. The zero-order valence-corrected chi connectivity index (χ0v) is 9.78. The number of hydrogen-bond donors (Lipinski definition) is 0. The Balaban J connectivity index is 2.26. The van der Waals surface area contributed by atoms with Gasteiger partial charge in [-0.15, -0.1) is 0 Å². The molecule has 0 bridgehead atoms. The molecule has 1 aliphatic rings. The van der Waals surface area contributed by atoms with Gasteiger partial charge in [-0.2, -0.15) is 0 Å². The molecule has 0 N–H and O–H groups in total. The highest BCUT2D eigenvalue weighted by atomic mass is 16.5. The van der Waals surface area contributed by atoms with Crippen molar-refractivity contribution in [3.63, 3.8) is 0 Å². The van der Waals surface area contributed by atoms with Crippen LogP contribution in [0.15, 0.2) is 41.5 Å². The number of aliphatic imine (C=N–C) groups is 1. The van der Waals surface area contributed by atoms with E-state index in [2.05, 4.69) is 11.6 Å². The molecule has 1 aromatic carbocycles. The van der Waals surface area contributed by atoms with E-state index in [4.69, 9.17) is 9.47 Å². The third kappa shape index (κ3) is 1.81. The van der Waals surface area contributed by atoms with Crippen molar-refractivity contribution in [2.24, 2.45) is 4.99 Å². The zero-order valence-electron chi connectivity index (χ0n) is 9.78. The monoisotopic (exact) mass is 217 g/mol. The van der Waals surface area contributed by atoms with Gasteiger partial charge in [-0.05, 0) is 38.1 Å². The molecule has 0 amide bonds. The van der Waals surface area contributed by atoms with Crippen LogP contribution in [0, 0.1) is 0 Å². The lowest BCUT2D eigenvalue weighted by Crippen LogP contribution is -2.22. The van der Waals surface area contributed by atoms with Crippen LogP contribution in [-0.4, -0.2) is 18.6 Å². The first-order valence-electron chi connectivity index (χ1n) is 5.14. The number of ether oxygens (including phenoxy) is 2. The van der Waals surface area contributed by atoms with Gasteiger partial charge in [0.05, 0.1) is 12.8 Å². The number of methoxy groups -OCH3 is 1. The normalized spacial score (nSPS) is 17.9. The Hall–Kier alpha value is -1.77. The van der Waals surface area contributed by atoms with E-state index in [1.54, 1.807) is 7.11 Å². The zero-order chi connectivity index (χ0) is 11.8. The molecule has 2 rings (SSSR count). The van der Waals surface area contributed by atoms with Gasteiger partial charge < -0.3 is 9.47 Å². The summed E-state index contributed by atoms with van der Waals surface area (Å²) in [5.74, 6) is 1.44. The van der Waals surface area contributed by atoms with Crippen molar-refractivity contribution < 1.29 is 9.47 Å². The minimum Gasteiger partial charge on any atom is -0.497 e. The molecule has 16 heavy (non-hydrogen) atoms. The Labute approximate surface area is 95.4 Å². The van der Waals surface area contributed by atoms with E-state index in [1.165, 1.54) is 0 Å². The minimum absolute atomic E-state index is 0.407. The van der Waals surface area contributed by atoms with Crippen molar-refractivity contribution in [1.82, 2.24) is 0 Å². The fraction of sp³-hybridized carbons (Fsp3) is 0.308. The molecule has 3 nitrogen and oxygen atoms in total. The fourth-order valence-electron chi connectivity index (χ4n) is 1.44. The summed E-state index contributed by atoms with van der Waals surface area (Å²) in [7, 11) is 1.64. The predicted molar refractivity (Wildman–Crippen MR) is 63.8 cm³/mol. The highest BCUT2D eigenvalue weighted by Crippen LogP contribution is 2.29. The topological polar surface area (TPSA) is 30.8 Å². The van der Waals surface area contributed by atoms with Gasteiger partial charge in [0.1, 0.15) is 11.4 Å². The van der Waals surface area contributed by atoms with Crippen LogP contribution in [0.1, 0.15) is 19.4 Å². The molecule has 84 valence electrons. The summed E-state index contributed by atoms with van der Waals surface area (Å²) in [6, 6.07) is 7.61. The summed E-state index contributed by atoms with van der Waals surface area (Å²) < 4.78 is 10.8. The van der Waals surface area contributed by atoms with E-state index in [-0.39, 0.29) is 0 Å². The molecule has 0 saturated carbocycles. The van der Waals surface area contributed by atoms with E-state index in [1.807, 2.05) is 38.1 Å². The first-order chi connectivity index (χ1) is 7.53. The Morgan fingerprint density at radius 1 is 1.25 bits per heavy atom. The third-order valence-corrected chi connectivity index (χ3v) is 2.62. The molecule has 0 saturated heterocycles. The SMILES string of the molecule is C=C1N=C(c2ccc(OC)cc2)OC1(C)C. The van der Waals surface area contributed by atoms with Crippen LogP contribution in [0.25, 0.3) is 0 Å². The smallest absolute Gasteiger partial charge is 0.222 e. The Morgan fingerprint density at radius 3 is 2.31 bits per heavy atom. The van der Waals surface area contributed by atoms with Gasteiger partial charge in [0.25, 0.3) is 0 Å². The average Bonchev–Trinajstić information content (AvgIpc) is 2.54. The highest BCUT2D eigenvalue weighted by molar-refractivity contribution is 5.96. The van der Waals surface area contributed by atoms with Crippen LogP contribution in [0.2, 0.25) is 0 Å². The largest absolute Gasteiger partial charge is 0.497 e. The van der Waals surface area contributed by atoms with Crippen LogP contribution in [0.3, 0.4) is 0 Å². The first kappa shape index (κ1) is 10.7. The van der Waals surface area contributed by atoms with Crippen molar-refractivity contribution in [3.8, 4) is 5.75 Å². The summed E-state index contributed by atoms with van der Waals surface area (Å²) >= 11 is 0. The summed E-state index contributed by atoms with van der Waals surface area (Å²) in [4.78, 5) is 4.33. The second kappa shape index (κ2) is 3.67. The lowest BCUT2D eigenvalue weighted by Gasteiger charge is -2.18. The van der Waals surface area contributed by atoms with Crippen molar-refractivity contribution in [2.45, 2.75) is 19.4 Å². The van der Waals surface area contributed by atoms with Crippen LogP contribution < -0.4 is 4.74 Å². The molecule has 0 aromatic heterocycles. The molecule has 0 atom stereocenters. The van der Waals surface area contributed by atoms with Crippen LogP contribution in [-0.2, 0) is 4.74 Å². The van der Waals surface area contributed by atoms with Gasteiger partial charge >= 0.3 is 0 Å². The van der Waals surface area contributed by atoms with E-state index in [9.17, 15) is 0 Å². The van der Waals surface area contributed by atoms with Crippen LogP contribution in [0.4, 0.5) is 0 Å². The highest BCUT2D eigenvalue weighted by Gasteiger charge is 2.32. The maximum absolute atomic E-state index is 5.73. The van der Waals surface area contributed by atoms with Crippen LogP contribution >= 0.6 is 0 Å². The second-order valence-corrected chi connectivity index (χ2v) is 4.20. The van der Waals surface area contributed by atoms with Gasteiger partial charge in [-0.25, -0.2) is 4.99 Å². The standard InChI is InChI=1S/C13H15NO2/c1-9-13(2,3)16-12(14-9)10-5-7-11(15-4)8-6-10/h5-8H,1H2,2-4H3. The molecule has 0 radical (unpaired) electrons. The number of benzene rings is 1. The third-order valence-electron chi connectivity index (χ3n) is 2.62. The maximum atomic E-state index is 5.73.